The average molecular weight is 267 g/mol. The number of amides is 1. The summed E-state index contributed by atoms with van der Waals surface area (Å²) >= 11 is 0. The van der Waals surface area contributed by atoms with Gasteiger partial charge in [0.05, 0.1) is 12.3 Å². The van der Waals surface area contributed by atoms with Gasteiger partial charge in [-0.1, -0.05) is 26.0 Å². The van der Waals surface area contributed by atoms with Gasteiger partial charge in [-0.25, -0.2) is 9.59 Å². The molecular formula is C13H17NO5. The summed E-state index contributed by atoms with van der Waals surface area (Å²) in [5.41, 5.74) is 0.373. The minimum Gasteiger partial charge on any atom is -0.480 e. The van der Waals surface area contributed by atoms with Crippen molar-refractivity contribution in [1.82, 2.24) is 0 Å². The zero-order valence-electron chi connectivity index (χ0n) is 10.9. The van der Waals surface area contributed by atoms with Crippen molar-refractivity contribution in [1.29, 1.82) is 0 Å². The first kappa shape index (κ1) is 14.8. The van der Waals surface area contributed by atoms with E-state index >= 15 is 0 Å². The molecule has 0 radical (unpaired) electrons. The van der Waals surface area contributed by atoms with Crippen molar-refractivity contribution in [3.8, 4) is 5.75 Å². The maximum Gasteiger partial charge on any atom is 0.411 e. The molecule has 0 bridgehead atoms. The van der Waals surface area contributed by atoms with Gasteiger partial charge in [0.15, 0.2) is 6.61 Å². The van der Waals surface area contributed by atoms with E-state index in [1.807, 2.05) is 13.8 Å². The molecule has 1 rings (SSSR count). The first-order valence-electron chi connectivity index (χ1n) is 5.86. The van der Waals surface area contributed by atoms with E-state index in [1.54, 1.807) is 24.3 Å². The highest BCUT2D eigenvalue weighted by atomic mass is 16.5. The van der Waals surface area contributed by atoms with Crippen LogP contribution in [-0.4, -0.2) is 30.4 Å². The molecule has 6 heteroatoms. The predicted octanol–water partition coefficient (Wildman–Crippen LogP) is 2.35. The summed E-state index contributed by atoms with van der Waals surface area (Å²) in [7, 11) is 0. The smallest absolute Gasteiger partial charge is 0.411 e. The summed E-state index contributed by atoms with van der Waals surface area (Å²) < 4.78 is 10.0. The standard InChI is InChI=1S/C13H17NO5/c1-9(2)7-19-13(17)14-10-5-3-4-6-11(10)18-8-12(15)16/h3-6,9H,7-8H2,1-2H3,(H,14,17)(H,15,16). The lowest BCUT2D eigenvalue weighted by molar-refractivity contribution is -0.139. The van der Waals surface area contributed by atoms with Crippen molar-refractivity contribution in [2.24, 2.45) is 5.92 Å². The fraction of sp³-hybridized carbons (Fsp3) is 0.385. The molecule has 19 heavy (non-hydrogen) atoms. The minimum absolute atomic E-state index is 0.240. The maximum atomic E-state index is 11.5. The number of anilines is 1. The van der Waals surface area contributed by atoms with Crippen LogP contribution in [0, 0.1) is 5.92 Å². The van der Waals surface area contributed by atoms with Gasteiger partial charge in [-0.15, -0.1) is 0 Å². The largest absolute Gasteiger partial charge is 0.480 e. The highest BCUT2D eigenvalue weighted by Crippen LogP contribution is 2.23. The van der Waals surface area contributed by atoms with E-state index in [9.17, 15) is 9.59 Å². The van der Waals surface area contributed by atoms with Crippen LogP contribution >= 0.6 is 0 Å². The first-order chi connectivity index (χ1) is 8.99. The Balaban J connectivity index is 2.61. The highest BCUT2D eigenvalue weighted by molar-refractivity contribution is 5.86. The third kappa shape index (κ3) is 5.76. The molecule has 0 aliphatic heterocycles. The van der Waals surface area contributed by atoms with E-state index in [4.69, 9.17) is 14.6 Å². The van der Waals surface area contributed by atoms with E-state index in [0.717, 1.165) is 0 Å². The highest BCUT2D eigenvalue weighted by Gasteiger charge is 2.10. The Morgan fingerprint density at radius 2 is 2.00 bits per heavy atom. The lowest BCUT2D eigenvalue weighted by Crippen LogP contribution is -2.18. The molecule has 1 aromatic rings. The summed E-state index contributed by atoms with van der Waals surface area (Å²) in [6.07, 6.45) is -0.597. The van der Waals surface area contributed by atoms with Crippen LogP contribution in [0.25, 0.3) is 0 Å². The van der Waals surface area contributed by atoms with Crippen LogP contribution in [0.1, 0.15) is 13.8 Å². The van der Waals surface area contributed by atoms with Gasteiger partial charge in [0.25, 0.3) is 0 Å². The molecule has 0 atom stereocenters. The SMILES string of the molecule is CC(C)COC(=O)Nc1ccccc1OCC(=O)O. The van der Waals surface area contributed by atoms with Crippen molar-refractivity contribution < 1.29 is 24.2 Å². The molecule has 0 saturated carbocycles. The van der Waals surface area contributed by atoms with Crippen molar-refractivity contribution >= 4 is 17.7 Å². The second-order valence-electron chi connectivity index (χ2n) is 4.30. The number of carbonyl (C=O) groups excluding carboxylic acids is 1. The topological polar surface area (TPSA) is 84.9 Å². The Kier molecular flexibility index (Phi) is 5.66. The van der Waals surface area contributed by atoms with Crippen molar-refractivity contribution in [2.45, 2.75) is 13.8 Å². The van der Waals surface area contributed by atoms with Crippen LogP contribution in [0.5, 0.6) is 5.75 Å². The van der Waals surface area contributed by atoms with E-state index in [-0.39, 0.29) is 11.7 Å². The van der Waals surface area contributed by atoms with Gasteiger partial charge >= 0.3 is 12.1 Å². The van der Waals surface area contributed by atoms with E-state index in [2.05, 4.69) is 5.32 Å². The van der Waals surface area contributed by atoms with Gasteiger partial charge in [-0.3, -0.25) is 5.32 Å². The maximum absolute atomic E-state index is 11.5. The summed E-state index contributed by atoms with van der Waals surface area (Å²) in [4.78, 5) is 21.9. The summed E-state index contributed by atoms with van der Waals surface area (Å²) in [6, 6.07) is 6.56. The fourth-order valence-electron chi connectivity index (χ4n) is 1.22. The lowest BCUT2D eigenvalue weighted by Gasteiger charge is -2.12. The van der Waals surface area contributed by atoms with Gasteiger partial charge in [0.1, 0.15) is 5.75 Å². The molecule has 0 aromatic heterocycles. The van der Waals surface area contributed by atoms with Crippen LogP contribution < -0.4 is 10.1 Å². The quantitative estimate of drug-likeness (QED) is 0.826. The molecule has 0 unspecified atom stereocenters. The van der Waals surface area contributed by atoms with Crippen LogP contribution in [-0.2, 0) is 9.53 Å². The van der Waals surface area contributed by atoms with Crippen LogP contribution in [0.15, 0.2) is 24.3 Å². The Hall–Kier alpha value is -2.24. The fourth-order valence-corrected chi connectivity index (χ4v) is 1.22. The molecule has 104 valence electrons. The molecule has 0 fully saturated rings. The Bertz CT molecular complexity index is 444. The molecule has 1 amide bonds. The molecule has 6 nitrogen and oxygen atoms in total. The molecular weight excluding hydrogens is 250 g/mol. The monoisotopic (exact) mass is 267 g/mol. The van der Waals surface area contributed by atoms with Crippen LogP contribution in [0.4, 0.5) is 10.5 Å². The molecule has 0 aliphatic carbocycles. The van der Waals surface area contributed by atoms with Crippen LogP contribution in [0.3, 0.4) is 0 Å². The number of carboxylic acid groups (broad SMARTS) is 1. The van der Waals surface area contributed by atoms with Crippen molar-refractivity contribution in [3.05, 3.63) is 24.3 Å². The normalized spacial score (nSPS) is 10.1. The number of nitrogens with one attached hydrogen (secondary N) is 1. The number of carboxylic acids is 1. The third-order valence-electron chi connectivity index (χ3n) is 2.02. The lowest BCUT2D eigenvalue weighted by atomic mass is 10.2. The Morgan fingerprint density at radius 3 is 2.63 bits per heavy atom. The van der Waals surface area contributed by atoms with Gasteiger partial charge in [0, 0.05) is 0 Å². The number of rotatable bonds is 6. The zero-order chi connectivity index (χ0) is 14.3. The number of aliphatic carboxylic acids is 1. The van der Waals surface area contributed by atoms with Crippen molar-refractivity contribution in [2.75, 3.05) is 18.5 Å². The Morgan fingerprint density at radius 1 is 1.32 bits per heavy atom. The van der Waals surface area contributed by atoms with Gasteiger partial charge < -0.3 is 14.6 Å². The average Bonchev–Trinajstić information content (AvgIpc) is 2.35. The minimum atomic E-state index is -1.09. The molecule has 0 aliphatic rings. The Labute approximate surface area is 111 Å². The third-order valence-corrected chi connectivity index (χ3v) is 2.02. The molecule has 0 spiro atoms. The number of hydrogen-bond donors (Lipinski definition) is 2. The van der Waals surface area contributed by atoms with Gasteiger partial charge in [0.2, 0.25) is 0 Å². The van der Waals surface area contributed by atoms with Gasteiger partial charge in [-0.05, 0) is 18.1 Å². The number of hydrogen-bond acceptors (Lipinski definition) is 4. The molecule has 2 N–H and O–H groups in total. The molecule has 1 aromatic carbocycles. The molecule has 0 heterocycles. The van der Waals surface area contributed by atoms with Gasteiger partial charge in [-0.2, -0.15) is 0 Å². The number of ether oxygens (including phenoxy) is 2. The second kappa shape index (κ2) is 7.25. The van der Waals surface area contributed by atoms with Crippen molar-refractivity contribution in [3.63, 3.8) is 0 Å². The number of benzene rings is 1. The number of para-hydroxylation sites is 2. The first-order valence-corrected chi connectivity index (χ1v) is 5.86. The zero-order valence-corrected chi connectivity index (χ0v) is 10.9. The second-order valence-corrected chi connectivity index (χ2v) is 4.30. The number of carbonyl (C=O) groups is 2. The summed E-state index contributed by atoms with van der Waals surface area (Å²) in [6.45, 7) is 3.69. The summed E-state index contributed by atoms with van der Waals surface area (Å²) in [5.74, 6) is -0.562. The summed E-state index contributed by atoms with van der Waals surface area (Å²) in [5, 5.41) is 11.1. The van der Waals surface area contributed by atoms with Crippen LogP contribution in [0.2, 0.25) is 0 Å². The molecule has 0 saturated heterocycles. The predicted molar refractivity (Wildman–Crippen MR) is 69.4 cm³/mol. The van der Waals surface area contributed by atoms with E-state index < -0.39 is 18.7 Å². The van der Waals surface area contributed by atoms with E-state index in [0.29, 0.717) is 12.3 Å². The van der Waals surface area contributed by atoms with E-state index in [1.165, 1.54) is 0 Å².